The lowest BCUT2D eigenvalue weighted by atomic mass is 10.1. The molecule has 1 aromatic rings. The van der Waals surface area contributed by atoms with E-state index in [0.717, 1.165) is 25.9 Å². The molecule has 2 heterocycles. The van der Waals surface area contributed by atoms with Crippen molar-refractivity contribution in [3.05, 3.63) is 28.8 Å². The minimum atomic E-state index is -0.401. The summed E-state index contributed by atoms with van der Waals surface area (Å²) in [6.45, 7) is 3.45. The fourth-order valence-corrected chi connectivity index (χ4v) is 3.05. The Morgan fingerprint density at radius 1 is 1.24 bits per heavy atom. The third kappa shape index (κ3) is 4.84. The van der Waals surface area contributed by atoms with Gasteiger partial charge in [-0.05, 0) is 31.0 Å². The lowest BCUT2D eigenvalue weighted by molar-refractivity contribution is -0.0852. The predicted octanol–water partition coefficient (Wildman–Crippen LogP) is 2.11. The number of amides is 3. The molecule has 3 rings (SSSR count). The van der Waals surface area contributed by atoms with Gasteiger partial charge in [0.2, 0.25) is 0 Å². The Morgan fingerprint density at radius 3 is 2.76 bits per heavy atom. The van der Waals surface area contributed by atoms with Crippen molar-refractivity contribution in [3.8, 4) is 0 Å². The molecule has 1 aromatic carbocycles. The van der Waals surface area contributed by atoms with E-state index in [9.17, 15) is 9.59 Å². The van der Waals surface area contributed by atoms with E-state index >= 15 is 0 Å². The van der Waals surface area contributed by atoms with E-state index in [2.05, 4.69) is 10.6 Å². The highest BCUT2D eigenvalue weighted by atomic mass is 35.5. The van der Waals surface area contributed by atoms with Gasteiger partial charge in [0.1, 0.15) is 0 Å². The van der Waals surface area contributed by atoms with Gasteiger partial charge in [0, 0.05) is 25.2 Å². The van der Waals surface area contributed by atoms with Crippen LogP contribution in [0.25, 0.3) is 0 Å². The van der Waals surface area contributed by atoms with Crippen molar-refractivity contribution in [1.29, 1.82) is 0 Å². The van der Waals surface area contributed by atoms with Gasteiger partial charge >= 0.3 is 6.03 Å². The van der Waals surface area contributed by atoms with Gasteiger partial charge in [-0.25, -0.2) is 4.79 Å². The van der Waals surface area contributed by atoms with E-state index in [1.807, 2.05) is 4.90 Å². The van der Waals surface area contributed by atoms with Crippen molar-refractivity contribution in [2.75, 3.05) is 44.8 Å². The van der Waals surface area contributed by atoms with Crippen molar-refractivity contribution >= 4 is 29.2 Å². The third-order valence-corrected chi connectivity index (χ3v) is 4.56. The van der Waals surface area contributed by atoms with Gasteiger partial charge in [0.15, 0.2) is 0 Å². The minimum Gasteiger partial charge on any atom is -0.376 e. The number of carbonyl (C=O) groups is 2. The average molecular weight is 368 g/mol. The van der Waals surface area contributed by atoms with Gasteiger partial charge in [-0.15, -0.1) is 0 Å². The number of ether oxygens (including phenoxy) is 2. The Balaban J connectivity index is 1.58. The van der Waals surface area contributed by atoms with Gasteiger partial charge in [0.25, 0.3) is 5.91 Å². The average Bonchev–Trinajstić information content (AvgIpc) is 3.17. The van der Waals surface area contributed by atoms with E-state index in [-0.39, 0.29) is 12.0 Å². The first kappa shape index (κ1) is 18.0. The topological polar surface area (TPSA) is 79.9 Å². The SMILES string of the molecule is O=C(NCC1COCCO1)Nc1cc(C(=O)N2CCCC2)ccc1Cl. The number of nitrogens with one attached hydrogen (secondary N) is 2. The first-order valence-electron chi connectivity index (χ1n) is 8.46. The first-order valence-corrected chi connectivity index (χ1v) is 8.84. The largest absolute Gasteiger partial charge is 0.376 e. The molecule has 2 aliphatic rings. The van der Waals surface area contributed by atoms with Crippen LogP contribution in [0.4, 0.5) is 10.5 Å². The fourth-order valence-electron chi connectivity index (χ4n) is 2.88. The number of anilines is 1. The predicted molar refractivity (Wildman–Crippen MR) is 94.2 cm³/mol. The zero-order chi connectivity index (χ0) is 17.6. The normalized spacial score (nSPS) is 20.4. The van der Waals surface area contributed by atoms with Gasteiger partial charge < -0.3 is 25.0 Å². The molecule has 0 aliphatic carbocycles. The molecule has 3 amide bonds. The summed E-state index contributed by atoms with van der Waals surface area (Å²) < 4.78 is 10.7. The summed E-state index contributed by atoms with van der Waals surface area (Å²) >= 11 is 6.14. The fraction of sp³-hybridized carbons (Fsp3) is 0.529. The van der Waals surface area contributed by atoms with Gasteiger partial charge in [-0.3, -0.25) is 4.79 Å². The molecule has 1 unspecified atom stereocenters. The monoisotopic (exact) mass is 367 g/mol. The summed E-state index contributed by atoms with van der Waals surface area (Å²) in [6.07, 6.45) is 1.90. The second-order valence-corrected chi connectivity index (χ2v) is 6.50. The number of urea groups is 1. The second-order valence-electron chi connectivity index (χ2n) is 6.10. The number of benzene rings is 1. The Kier molecular flexibility index (Phi) is 6.12. The van der Waals surface area contributed by atoms with Crippen LogP contribution < -0.4 is 10.6 Å². The number of nitrogens with zero attached hydrogens (tertiary/aromatic N) is 1. The van der Waals surface area contributed by atoms with Crippen LogP contribution >= 0.6 is 11.6 Å². The van der Waals surface area contributed by atoms with Gasteiger partial charge in [0.05, 0.1) is 36.6 Å². The molecule has 2 N–H and O–H groups in total. The number of rotatable bonds is 4. The molecule has 25 heavy (non-hydrogen) atoms. The summed E-state index contributed by atoms with van der Waals surface area (Å²) in [7, 11) is 0. The summed E-state index contributed by atoms with van der Waals surface area (Å²) in [5.41, 5.74) is 0.927. The molecule has 2 aliphatic heterocycles. The van der Waals surface area contributed by atoms with Crippen LogP contribution in [-0.2, 0) is 9.47 Å². The molecule has 136 valence electrons. The quantitative estimate of drug-likeness (QED) is 0.854. The van der Waals surface area contributed by atoms with Crippen LogP contribution in [0.2, 0.25) is 5.02 Å². The van der Waals surface area contributed by atoms with Crippen LogP contribution in [-0.4, -0.2) is 62.4 Å². The highest BCUT2D eigenvalue weighted by molar-refractivity contribution is 6.33. The molecule has 2 fully saturated rings. The number of hydrogen-bond acceptors (Lipinski definition) is 4. The van der Waals surface area contributed by atoms with Crippen LogP contribution in [0.15, 0.2) is 18.2 Å². The van der Waals surface area contributed by atoms with Gasteiger partial charge in [-0.2, -0.15) is 0 Å². The summed E-state index contributed by atoms with van der Waals surface area (Å²) in [6, 6.07) is 4.52. The number of carbonyl (C=O) groups excluding carboxylic acids is 2. The molecule has 0 aromatic heterocycles. The highest BCUT2D eigenvalue weighted by Gasteiger charge is 2.21. The van der Waals surface area contributed by atoms with Crippen molar-refractivity contribution in [2.45, 2.75) is 18.9 Å². The Bertz CT molecular complexity index is 628. The maximum atomic E-state index is 12.5. The molecule has 0 radical (unpaired) electrons. The molecule has 2 saturated heterocycles. The number of likely N-dealkylation sites (tertiary alicyclic amines) is 1. The van der Waals surface area contributed by atoms with Crippen LogP contribution in [0.1, 0.15) is 23.2 Å². The van der Waals surface area contributed by atoms with Crippen molar-refractivity contribution in [3.63, 3.8) is 0 Å². The van der Waals surface area contributed by atoms with Crippen LogP contribution in [0.5, 0.6) is 0 Å². The van der Waals surface area contributed by atoms with Crippen molar-refractivity contribution in [1.82, 2.24) is 10.2 Å². The van der Waals surface area contributed by atoms with E-state index in [0.29, 0.717) is 42.6 Å². The van der Waals surface area contributed by atoms with Crippen molar-refractivity contribution < 1.29 is 19.1 Å². The molecule has 1 atom stereocenters. The first-order chi connectivity index (χ1) is 12.1. The lowest BCUT2D eigenvalue weighted by Gasteiger charge is -2.23. The van der Waals surface area contributed by atoms with Crippen LogP contribution in [0.3, 0.4) is 0 Å². The molecule has 0 spiro atoms. The molecule has 0 saturated carbocycles. The highest BCUT2D eigenvalue weighted by Crippen LogP contribution is 2.24. The molecular weight excluding hydrogens is 346 g/mol. The van der Waals surface area contributed by atoms with E-state index in [1.54, 1.807) is 18.2 Å². The standard InChI is InChI=1S/C17H22ClN3O4/c18-14-4-3-12(16(22)21-5-1-2-6-21)9-15(14)20-17(23)19-10-13-11-24-7-8-25-13/h3-4,9,13H,1-2,5-8,10-11H2,(H2,19,20,23). The molecule has 8 heteroatoms. The van der Waals surface area contributed by atoms with E-state index in [4.69, 9.17) is 21.1 Å². The molecule has 0 bridgehead atoms. The lowest BCUT2D eigenvalue weighted by Crippen LogP contribution is -2.41. The zero-order valence-corrected chi connectivity index (χ0v) is 14.7. The Morgan fingerprint density at radius 2 is 2.04 bits per heavy atom. The zero-order valence-electron chi connectivity index (χ0n) is 13.9. The summed E-state index contributed by atoms with van der Waals surface area (Å²) in [5, 5.41) is 5.79. The minimum absolute atomic E-state index is 0.0367. The number of hydrogen-bond donors (Lipinski definition) is 2. The smallest absolute Gasteiger partial charge is 0.319 e. The second kappa shape index (κ2) is 8.51. The maximum Gasteiger partial charge on any atom is 0.319 e. The van der Waals surface area contributed by atoms with E-state index in [1.165, 1.54) is 0 Å². The number of halogens is 1. The Hall–Kier alpha value is -1.83. The summed E-state index contributed by atoms with van der Waals surface area (Å²) in [4.78, 5) is 26.3. The Labute approximate surface area is 151 Å². The van der Waals surface area contributed by atoms with Crippen LogP contribution in [0, 0.1) is 0 Å². The van der Waals surface area contributed by atoms with Crippen molar-refractivity contribution in [2.24, 2.45) is 0 Å². The van der Waals surface area contributed by atoms with E-state index < -0.39 is 6.03 Å². The van der Waals surface area contributed by atoms with Gasteiger partial charge in [-0.1, -0.05) is 11.6 Å². The summed E-state index contributed by atoms with van der Waals surface area (Å²) in [5.74, 6) is -0.0367. The molecular formula is C17H22ClN3O4. The molecule has 7 nitrogen and oxygen atoms in total. The maximum absolute atomic E-state index is 12.5. The third-order valence-electron chi connectivity index (χ3n) is 4.23.